The maximum Gasteiger partial charge on any atom is 0.255 e. The van der Waals surface area contributed by atoms with Gasteiger partial charge in [0.1, 0.15) is 22.8 Å². The van der Waals surface area contributed by atoms with Crippen LogP contribution in [0.2, 0.25) is 0 Å². The standard InChI is InChI=1S/C25H25NO7/c1-11(2)4-3-5-12-6-7-16(27)19-15(12)9-13-8-14-10-17(28)20(24(26)32)23(31)25(14,33)22(30)18(13)21(19)29/h6-7,11,13-14,27,29,31,33H,4,8-10H2,1-2H3,(H2,26,32). The fraction of sp³-hybridized carbons (Fsp3) is 0.400. The monoisotopic (exact) mass is 451 g/mol. The first kappa shape index (κ1) is 22.6. The molecule has 1 aromatic carbocycles. The molecular weight excluding hydrogens is 426 g/mol. The van der Waals surface area contributed by atoms with E-state index in [4.69, 9.17) is 5.73 Å². The number of rotatable bonds is 2. The highest BCUT2D eigenvalue weighted by Gasteiger charge is 2.60. The van der Waals surface area contributed by atoms with Crippen LogP contribution < -0.4 is 5.73 Å². The molecule has 1 amide bonds. The molecule has 172 valence electrons. The molecule has 0 radical (unpaired) electrons. The Labute approximate surface area is 190 Å². The molecule has 1 aromatic rings. The second kappa shape index (κ2) is 7.78. The summed E-state index contributed by atoms with van der Waals surface area (Å²) in [5, 5.41) is 43.3. The van der Waals surface area contributed by atoms with Gasteiger partial charge in [0.2, 0.25) is 5.78 Å². The molecule has 6 N–H and O–H groups in total. The van der Waals surface area contributed by atoms with Crippen LogP contribution in [-0.4, -0.2) is 43.5 Å². The molecule has 1 fully saturated rings. The van der Waals surface area contributed by atoms with Crippen LogP contribution in [0.1, 0.15) is 49.8 Å². The number of hydrogen-bond acceptors (Lipinski definition) is 7. The zero-order valence-corrected chi connectivity index (χ0v) is 18.3. The topological polar surface area (TPSA) is 158 Å². The Morgan fingerprint density at radius 1 is 1.21 bits per heavy atom. The molecular formula is C25H25NO7. The fourth-order valence-corrected chi connectivity index (χ4v) is 5.09. The Hall–Kier alpha value is -3.57. The third-order valence-electron chi connectivity index (χ3n) is 6.68. The molecule has 3 aliphatic rings. The predicted octanol–water partition coefficient (Wildman–Crippen LogP) is 1.82. The maximum atomic E-state index is 13.4. The third-order valence-corrected chi connectivity index (χ3v) is 6.68. The highest BCUT2D eigenvalue weighted by molar-refractivity contribution is 6.22. The number of amides is 1. The SMILES string of the molecule is CC(C)CC#Cc1ccc(O)c2c1CC1CC3CC(=O)C(C(N)=O)=C(O)C3(O)C(=O)C1=C2O. The highest BCUT2D eigenvalue weighted by Crippen LogP contribution is 2.52. The highest BCUT2D eigenvalue weighted by atomic mass is 16.3. The number of nitrogens with two attached hydrogens (primary N) is 1. The summed E-state index contributed by atoms with van der Waals surface area (Å²) in [4.78, 5) is 37.5. The number of carbonyl (C=O) groups is 3. The van der Waals surface area contributed by atoms with E-state index >= 15 is 0 Å². The number of aliphatic hydroxyl groups excluding tert-OH is 2. The van der Waals surface area contributed by atoms with Crippen LogP contribution in [-0.2, 0) is 20.8 Å². The number of primary amides is 1. The summed E-state index contributed by atoms with van der Waals surface area (Å²) in [6.45, 7) is 4.07. The summed E-state index contributed by atoms with van der Waals surface area (Å²) in [5.74, 6) is 0.135. The van der Waals surface area contributed by atoms with Gasteiger partial charge >= 0.3 is 0 Å². The quantitative estimate of drug-likeness (QED) is 0.339. The van der Waals surface area contributed by atoms with Crippen LogP contribution in [0.25, 0.3) is 5.76 Å². The van der Waals surface area contributed by atoms with Gasteiger partial charge in [-0.15, -0.1) is 0 Å². The van der Waals surface area contributed by atoms with Gasteiger partial charge in [-0.05, 0) is 42.4 Å². The number of Topliss-reactive ketones (excluding diaryl/α,β-unsaturated/α-hetero) is 2. The lowest BCUT2D eigenvalue weighted by Crippen LogP contribution is -2.58. The van der Waals surface area contributed by atoms with Crippen molar-refractivity contribution in [3.05, 3.63) is 45.7 Å². The number of carbonyl (C=O) groups excluding carboxylic acids is 3. The Balaban J connectivity index is 1.88. The van der Waals surface area contributed by atoms with E-state index in [9.17, 15) is 34.8 Å². The zero-order valence-electron chi connectivity index (χ0n) is 18.3. The maximum absolute atomic E-state index is 13.4. The summed E-state index contributed by atoms with van der Waals surface area (Å²) < 4.78 is 0. The summed E-state index contributed by atoms with van der Waals surface area (Å²) in [5.41, 5.74) is 2.91. The first-order valence-corrected chi connectivity index (χ1v) is 10.8. The zero-order chi connectivity index (χ0) is 24.2. The first-order chi connectivity index (χ1) is 15.5. The molecule has 0 bridgehead atoms. The summed E-state index contributed by atoms with van der Waals surface area (Å²) in [7, 11) is 0. The molecule has 4 rings (SSSR count). The number of aromatic hydroxyl groups is 1. The van der Waals surface area contributed by atoms with Crippen molar-refractivity contribution in [2.45, 2.75) is 45.1 Å². The number of fused-ring (bicyclic) bond motifs is 3. The summed E-state index contributed by atoms with van der Waals surface area (Å²) in [6, 6.07) is 3.03. The Kier molecular flexibility index (Phi) is 5.33. The van der Waals surface area contributed by atoms with Gasteiger partial charge in [-0.2, -0.15) is 0 Å². The van der Waals surface area contributed by atoms with Crippen molar-refractivity contribution in [2.75, 3.05) is 0 Å². The average molecular weight is 451 g/mol. The van der Waals surface area contributed by atoms with E-state index in [1.165, 1.54) is 6.07 Å². The lowest BCUT2D eigenvalue weighted by Gasteiger charge is -2.46. The van der Waals surface area contributed by atoms with E-state index in [-0.39, 0.29) is 36.1 Å². The van der Waals surface area contributed by atoms with Gasteiger partial charge in [0, 0.05) is 29.9 Å². The fourth-order valence-electron chi connectivity index (χ4n) is 5.09. The number of hydrogen-bond donors (Lipinski definition) is 5. The third kappa shape index (κ3) is 3.31. The smallest absolute Gasteiger partial charge is 0.255 e. The molecule has 8 nitrogen and oxygen atoms in total. The van der Waals surface area contributed by atoms with Gasteiger partial charge < -0.3 is 26.2 Å². The van der Waals surface area contributed by atoms with E-state index in [1.54, 1.807) is 6.07 Å². The Morgan fingerprint density at radius 3 is 2.55 bits per heavy atom. The summed E-state index contributed by atoms with van der Waals surface area (Å²) in [6.07, 6.45) is 0.657. The van der Waals surface area contributed by atoms with Crippen LogP contribution >= 0.6 is 0 Å². The molecule has 0 heterocycles. The summed E-state index contributed by atoms with van der Waals surface area (Å²) >= 11 is 0. The van der Waals surface area contributed by atoms with Gasteiger partial charge in [-0.1, -0.05) is 25.7 Å². The molecule has 3 atom stereocenters. The minimum absolute atomic E-state index is 0.0541. The molecule has 33 heavy (non-hydrogen) atoms. The van der Waals surface area contributed by atoms with Gasteiger partial charge in [-0.25, -0.2) is 0 Å². The minimum Gasteiger partial charge on any atom is -0.508 e. The van der Waals surface area contributed by atoms with Crippen molar-refractivity contribution >= 4 is 23.2 Å². The molecule has 3 aliphatic carbocycles. The molecule has 0 spiro atoms. The van der Waals surface area contributed by atoms with E-state index < -0.39 is 52.0 Å². The van der Waals surface area contributed by atoms with Crippen molar-refractivity contribution in [1.82, 2.24) is 0 Å². The van der Waals surface area contributed by atoms with E-state index in [0.717, 1.165) is 0 Å². The van der Waals surface area contributed by atoms with Gasteiger partial charge in [-0.3, -0.25) is 14.4 Å². The largest absolute Gasteiger partial charge is 0.508 e. The van der Waals surface area contributed by atoms with Gasteiger partial charge in [0.05, 0.1) is 5.56 Å². The predicted molar refractivity (Wildman–Crippen MR) is 118 cm³/mol. The second-order valence-corrected chi connectivity index (χ2v) is 9.29. The molecule has 8 heteroatoms. The van der Waals surface area contributed by atoms with Crippen molar-refractivity contribution < 1.29 is 34.8 Å². The van der Waals surface area contributed by atoms with E-state index in [2.05, 4.69) is 11.8 Å². The second-order valence-electron chi connectivity index (χ2n) is 9.29. The molecule has 1 saturated carbocycles. The van der Waals surface area contributed by atoms with E-state index in [1.807, 2.05) is 13.8 Å². The van der Waals surface area contributed by atoms with Crippen LogP contribution in [0.5, 0.6) is 5.75 Å². The lowest BCUT2D eigenvalue weighted by atomic mass is 9.59. The van der Waals surface area contributed by atoms with Crippen molar-refractivity contribution in [3.8, 4) is 17.6 Å². The Bertz CT molecular complexity index is 1230. The van der Waals surface area contributed by atoms with Crippen LogP contribution in [0.4, 0.5) is 0 Å². The number of aliphatic hydroxyl groups is 3. The first-order valence-electron chi connectivity index (χ1n) is 10.8. The average Bonchev–Trinajstić information content (AvgIpc) is 2.71. The molecule has 3 unspecified atom stereocenters. The minimum atomic E-state index is -2.56. The van der Waals surface area contributed by atoms with Crippen LogP contribution in [0.15, 0.2) is 29.0 Å². The van der Waals surface area contributed by atoms with Crippen LogP contribution in [0.3, 0.4) is 0 Å². The molecule has 0 saturated heterocycles. The number of phenols is 1. The molecule has 0 aliphatic heterocycles. The Morgan fingerprint density at radius 2 is 1.91 bits per heavy atom. The van der Waals surface area contributed by atoms with Crippen molar-refractivity contribution in [3.63, 3.8) is 0 Å². The van der Waals surface area contributed by atoms with Crippen molar-refractivity contribution in [2.24, 2.45) is 23.5 Å². The lowest BCUT2D eigenvalue weighted by molar-refractivity contribution is -0.147. The van der Waals surface area contributed by atoms with Crippen molar-refractivity contribution in [1.29, 1.82) is 0 Å². The van der Waals surface area contributed by atoms with Gasteiger partial charge in [0.15, 0.2) is 11.4 Å². The van der Waals surface area contributed by atoms with Crippen LogP contribution in [0, 0.1) is 29.6 Å². The number of benzene rings is 1. The van der Waals surface area contributed by atoms with Gasteiger partial charge in [0.25, 0.3) is 5.91 Å². The molecule has 0 aromatic heterocycles. The van der Waals surface area contributed by atoms with E-state index in [0.29, 0.717) is 23.5 Å². The number of ketones is 2. The normalized spacial score (nSPS) is 26.4. The number of phenolic OH excluding ortho intramolecular Hbond substituents is 1.